The van der Waals surface area contributed by atoms with Crippen LogP contribution in [0.2, 0.25) is 0 Å². The quantitative estimate of drug-likeness (QED) is 0.630. The number of ether oxygens (including phenoxy) is 2. The average Bonchev–Trinajstić information content (AvgIpc) is 2.55. The Hall–Kier alpha value is -1.96. The fourth-order valence-electron chi connectivity index (χ4n) is 2.25. The molecule has 2 heteroatoms. The van der Waals surface area contributed by atoms with E-state index in [1.54, 1.807) is 14.2 Å². The molecule has 0 spiro atoms. The fraction of sp³-hybridized carbons (Fsp3) is 0.455. The van der Waals surface area contributed by atoms with Crippen LogP contribution in [0.4, 0.5) is 0 Å². The largest absolute Gasteiger partial charge is 0.497 e. The van der Waals surface area contributed by atoms with Crippen LogP contribution in [-0.4, -0.2) is 14.2 Å². The third-order valence-corrected chi connectivity index (χ3v) is 3.87. The first-order valence-corrected chi connectivity index (χ1v) is 8.17. The number of hydrogen-bond donors (Lipinski definition) is 0. The number of hydrogen-bond acceptors (Lipinski definition) is 2. The van der Waals surface area contributed by atoms with Gasteiger partial charge in [-0.2, -0.15) is 0 Å². The van der Waals surface area contributed by atoms with Gasteiger partial charge in [-0.1, -0.05) is 59.4 Å². The maximum atomic E-state index is 5.18. The third kappa shape index (κ3) is 6.66. The molecular formula is C22H34O2. The molecule has 0 fully saturated rings. The van der Waals surface area contributed by atoms with Gasteiger partial charge in [-0.25, -0.2) is 0 Å². The Labute approximate surface area is 148 Å². The van der Waals surface area contributed by atoms with Crippen molar-refractivity contribution >= 4 is 0 Å². The predicted octanol–water partition coefficient (Wildman–Crippen LogP) is 6.58. The van der Waals surface area contributed by atoms with Crippen molar-refractivity contribution in [2.24, 2.45) is 0 Å². The Bertz CT molecular complexity index is 583. The smallest absolute Gasteiger partial charge is 0.121 e. The van der Waals surface area contributed by atoms with E-state index in [0.717, 1.165) is 11.5 Å². The van der Waals surface area contributed by atoms with Crippen LogP contribution in [0.5, 0.6) is 11.5 Å². The molecular weight excluding hydrogens is 296 g/mol. The molecule has 2 rings (SSSR count). The molecule has 0 aliphatic carbocycles. The van der Waals surface area contributed by atoms with Crippen molar-refractivity contribution in [2.75, 3.05) is 14.2 Å². The Balaban J connectivity index is 0.000000425. The van der Waals surface area contributed by atoms with Crippen molar-refractivity contribution in [2.45, 2.75) is 53.9 Å². The lowest BCUT2D eigenvalue weighted by Crippen LogP contribution is -1.91. The van der Waals surface area contributed by atoms with E-state index < -0.39 is 0 Å². The van der Waals surface area contributed by atoms with Crippen molar-refractivity contribution in [3.05, 3.63) is 59.2 Å². The van der Waals surface area contributed by atoms with Gasteiger partial charge in [0, 0.05) is 0 Å². The van der Waals surface area contributed by atoms with Crippen molar-refractivity contribution in [1.29, 1.82) is 0 Å². The monoisotopic (exact) mass is 330 g/mol. The van der Waals surface area contributed by atoms with Gasteiger partial charge in [0.25, 0.3) is 0 Å². The molecule has 0 atom stereocenters. The third-order valence-electron chi connectivity index (χ3n) is 3.87. The number of benzene rings is 2. The molecule has 2 aromatic carbocycles. The van der Waals surface area contributed by atoms with Gasteiger partial charge in [-0.3, -0.25) is 0 Å². The maximum absolute atomic E-state index is 5.18. The standard InChI is InChI=1S/C11H16O.C10H14O.CH4/c1-8(2)10-5-6-11(12-4)9(3)7-10;1-8(2)9-4-6-10(11-3)7-5-9;/h5-8H,1-4H3;4-8H,1-3H3;1H4. The van der Waals surface area contributed by atoms with Crippen LogP contribution >= 0.6 is 0 Å². The first-order chi connectivity index (χ1) is 10.9. The van der Waals surface area contributed by atoms with Gasteiger partial charge in [0.1, 0.15) is 11.5 Å². The second kappa shape index (κ2) is 10.7. The molecule has 0 saturated carbocycles. The van der Waals surface area contributed by atoms with E-state index in [2.05, 4.69) is 58.9 Å². The van der Waals surface area contributed by atoms with E-state index in [-0.39, 0.29) is 7.43 Å². The van der Waals surface area contributed by atoms with Crippen molar-refractivity contribution in [3.8, 4) is 11.5 Å². The van der Waals surface area contributed by atoms with Gasteiger partial charge >= 0.3 is 0 Å². The summed E-state index contributed by atoms with van der Waals surface area (Å²) in [5.74, 6) is 3.09. The Kier molecular flexibility index (Phi) is 9.87. The van der Waals surface area contributed by atoms with E-state index in [0.29, 0.717) is 11.8 Å². The summed E-state index contributed by atoms with van der Waals surface area (Å²) < 4.78 is 10.2. The van der Waals surface area contributed by atoms with E-state index in [9.17, 15) is 0 Å². The summed E-state index contributed by atoms with van der Waals surface area (Å²) in [5, 5.41) is 0. The SMILES string of the molecule is C.COc1ccc(C(C)C)cc1.COc1ccc(C(C)C)cc1C. The zero-order chi connectivity index (χ0) is 17.4. The second-order valence-corrected chi connectivity index (χ2v) is 6.31. The first-order valence-electron chi connectivity index (χ1n) is 8.17. The van der Waals surface area contributed by atoms with Crippen LogP contribution in [0.15, 0.2) is 42.5 Å². The molecule has 0 aromatic heterocycles. The lowest BCUT2D eigenvalue weighted by Gasteiger charge is -2.09. The van der Waals surface area contributed by atoms with Crippen LogP contribution in [0.1, 0.15) is 63.6 Å². The topological polar surface area (TPSA) is 18.5 Å². The van der Waals surface area contributed by atoms with Gasteiger partial charge in [-0.15, -0.1) is 0 Å². The summed E-state index contributed by atoms with van der Waals surface area (Å²) in [6.45, 7) is 10.8. The predicted molar refractivity (Wildman–Crippen MR) is 106 cm³/mol. The Morgan fingerprint density at radius 3 is 1.58 bits per heavy atom. The Morgan fingerprint density at radius 1 is 0.708 bits per heavy atom. The summed E-state index contributed by atoms with van der Waals surface area (Å²) in [6, 6.07) is 14.5. The van der Waals surface area contributed by atoms with Gasteiger partial charge in [0.15, 0.2) is 0 Å². The molecule has 0 saturated heterocycles. The normalized spacial score (nSPS) is 9.88. The van der Waals surface area contributed by atoms with Gasteiger partial charge in [-0.05, 0) is 53.6 Å². The van der Waals surface area contributed by atoms with Gasteiger partial charge < -0.3 is 9.47 Å². The number of rotatable bonds is 4. The highest BCUT2D eigenvalue weighted by molar-refractivity contribution is 5.37. The van der Waals surface area contributed by atoms with Crippen LogP contribution in [-0.2, 0) is 0 Å². The number of aryl methyl sites for hydroxylation is 1. The zero-order valence-electron chi connectivity index (χ0n) is 15.5. The fourth-order valence-corrected chi connectivity index (χ4v) is 2.25. The number of methoxy groups -OCH3 is 2. The zero-order valence-corrected chi connectivity index (χ0v) is 15.5. The van der Waals surface area contributed by atoms with Crippen molar-refractivity contribution in [3.63, 3.8) is 0 Å². The molecule has 2 aromatic rings. The average molecular weight is 331 g/mol. The van der Waals surface area contributed by atoms with Crippen LogP contribution in [0.25, 0.3) is 0 Å². The van der Waals surface area contributed by atoms with E-state index >= 15 is 0 Å². The highest BCUT2D eigenvalue weighted by Gasteiger charge is 2.02. The van der Waals surface area contributed by atoms with Crippen LogP contribution in [0, 0.1) is 6.92 Å². The second-order valence-electron chi connectivity index (χ2n) is 6.31. The van der Waals surface area contributed by atoms with Gasteiger partial charge in [0.05, 0.1) is 14.2 Å². The minimum Gasteiger partial charge on any atom is -0.497 e. The molecule has 0 amide bonds. The lowest BCUT2D eigenvalue weighted by atomic mass is 10.0. The van der Waals surface area contributed by atoms with E-state index in [1.165, 1.54) is 16.7 Å². The highest BCUT2D eigenvalue weighted by atomic mass is 16.5. The molecule has 0 N–H and O–H groups in total. The van der Waals surface area contributed by atoms with Gasteiger partial charge in [0.2, 0.25) is 0 Å². The van der Waals surface area contributed by atoms with Crippen molar-refractivity contribution in [1.82, 2.24) is 0 Å². The molecule has 24 heavy (non-hydrogen) atoms. The Morgan fingerprint density at radius 2 is 1.21 bits per heavy atom. The van der Waals surface area contributed by atoms with Crippen LogP contribution < -0.4 is 9.47 Å². The molecule has 0 unspecified atom stereocenters. The summed E-state index contributed by atoms with van der Waals surface area (Å²) in [6.07, 6.45) is 0. The van der Waals surface area contributed by atoms with Crippen molar-refractivity contribution < 1.29 is 9.47 Å². The summed E-state index contributed by atoms with van der Waals surface area (Å²) in [4.78, 5) is 0. The minimum absolute atomic E-state index is 0. The summed E-state index contributed by atoms with van der Waals surface area (Å²) in [7, 11) is 3.39. The molecule has 2 nitrogen and oxygen atoms in total. The summed E-state index contributed by atoms with van der Waals surface area (Å²) in [5.41, 5.74) is 3.93. The molecule has 0 radical (unpaired) electrons. The highest BCUT2D eigenvalue weighted by Crippen LogP contribution is 2.22. The maximum Gasteiger partial charge on any atom is 0.121 e. The summed E-state index contributed by atoms with van der Waals surface area (Å²) >= 11 is 0. The van der Waals surface area contributed by atoms with Crippen LogP contribution in [0.3, 0.4) is 0 Å². The van der Waals surface area contributed by atoms with E-state index in [1.807, 2.05) is 18.2 Å². The van der Waals surface area contributed by atoms with E-state index in [4.69, 9.17) is 9.47 Å². The molecule has 0 bridgehead atoms. The molecule has 0 aliphatic rings. The first kappa shape index (κ1) is 22.0. The molecule has 0 heterocycles. The lowest BCUT2D eigenvalue weighted by molar-refractivity contribution is 0.411. The minimum atomic E-state index is 0. The molecule has 134 valence electrons. The molecule has 0 aliphatic heterocycles.